The molecule has 2 amide bonds. The molecule has 0 spiro atoms. The van der Waals surface area contributed by atoms with Crippen LogP contribution in [0, 0.1) is 23.7 Å². The highest BCUT2D eigenvalue weighted by Crippen LogP contribution is 2.52. The molecule has 3 heteroatoms. The fourth-order valence-corrected chi connectivity index (χ4v) is 5.51. The smallest absolute Gasteiger partial charge is 0.253 e. The molecule has 1 aliphatic carbocycles. The minimum atomic E-state index is -0.0837. The van der Waals surface area contributed by atoms with E-state index in [0.29, 0.717) is 23.7 Å². The van der Waals surface area contributed by atoms with E-state index in [1.54, 1.807) is 4.90 Å². The number of amides is 2. The van der Waals surface area contributed by atoms with Gasteiger partial charge in [-0.25, -0.2) is 0 Å². The van der Waals surface area contributed by atoms with Crippen LogP contribution < -0.4 is 0 Å². The van der Waals surface area contributed by atoms with Gasteiger partial charge in [-0.2, -0.15) is 0 Å². The van der Waals surface area contributed by atoms with Crippen LogP contribution in [0.25, 0.3) is 0 Å². The Hall–Kier alpha value is -1.12. The van der Waals surface area contributed by atoms with Crippen LogP contribution in [-0.2, 0) is 9.59 Å². The summed E-state index contributed by atoms with van der Waals surface area (Å²) in [6, 6.07) is 0.119. The monoisotopic (exact) mass is 333 g/mol. The summed E-state index contributed by atoms with van der Waals surface area (Å²) in [5, 5.41) is 0. The fraction of sp³-hybridized carbons (Fsp3) is 0.810. The highest BCUT2D eigenvalue weighted by atomic mass is 16.2. The van der Waals surface area contributed by atoms with E-state index < -0.39 is 0 Å². The molecule has 4 unspecified atom stereocenters. The first-order chi connectivity index (χ1) is 11.6. The fourth-order valence-electron chi connectivity index (χ4n) is 5.51. The molecule has 1 heterocycles. The maximum atomic E-state index is 12.4. The Bertz CT molecular complexity index is 430. The molecule has 1 fully saturated rings. The third kappa shape index (κ3) is 3.60. The number of carbonyl (C=O) groups excluding carboxylic acids is 2. The predicted octanol–water partition coefficient (Wildman–Crippen LogP) is 4.96. The molecule has 0 bridgehead atoms. The molecule has 0 radical (unpaired) electrons. The van der Waals surface area contributed by atoms with Crippen molar-refractivity contribution in [3.63, 3.8) is 0 Å². The van der Waals surface area contributed by atoms with E-state index in [0.717, 1.165) is 25.7 Å². The molecular weight excluding hydrogens is 298 g/mol. The Morgan fingerprint density at radius 3 is 1.33 bits per heavy atom. The van der Waals surface area contributed by atoms with Crippen LogP contribution in [0.3, 0.4) is 0 Å². The van der Waals surface area contributed by atoms with Crippen molar-refractivity contribution in [3.05, 3.63) is 12.2 Å². The third-order valence-electron chi connectivity index (χ3n) is 6.16. The quantitative estimate of drug-likeness (QED) is 0.559. The van der Waals surface area contributed by atoms with Gasteiger partial charge < -0.3 is 0 Å². The van der Waals surface area contributed by atoms with Crippen molar-refractivity contribution in [3.8, 4) is 0 Å². The van der Waals surface area contributed by atoms with Crippen LogP contribution in [0.15, 0.2) is 12.2 Å². The van der Waals surface area contributed by atoms with E-state index in [1.165, 1.54) is 37.8 Å². The van der Waals surface area contributed by atoms with E-state index >= 15 is 0 Å². The summed E-state index contributed by atoms with van der Waals surface area (Å²) < 4.78 is 0. The predicted molar refractivity (Wildman–Crippen MR) is 98.4 cm³/mol. The van der Waals surface area contributed by atoms with Crippen molar-refractivity contribution >= 4 is 11.8 Å². The topological polar surface area (TPSA) is 37.4 Å². The van der Waals surface area contributed by atoms with Crippen LogP contribution in [0.2, 0.25) is 0 Å². The van der Waals surface area contributed by atoms with Gasteiger partial charge in [-0.1, -0.05) is 66.2 Å². The minimum Gasteiger partial charge on any atom is -0.272 e. The van der Waals surface area contributed by atoms with E-state index in [-0.39, 0.29) is 17.9 Å². The Kier molecular flexibility index (Phi) is 7.06. The van der Waals surface area contributed by atoms with Gasteiger partial charge in [0.05, 0.1) is 0 Å². The molecule has 24 heavy (non-hydrogen) atoms. The number of imide groups is 1. The zero-order chi connectivity index (χ0) is 17.7. The lowest BCUT2D eigenvalue weighted by molar-refractivity contribution is -0.141. The van der Waals surface area contributed by atoms with Gasteiger partial charge in [-0.15, -0.1) is 0 Å². The Labute approximate surface area is 147 Å². The van der Waals surface area contributed by atoms with Gasteiger partial charge in [-0.3, -0.25) is 14.5 Å². The number of rotatable bonds is 9. The molecule has 4 atom stereocenters. The van der Waals surface area contributed by atoms with Gasteiger partial charge in [0.15, 0.2) is 0 Å². The lowest BCUT2D eigenvalue weighted by Crippen LogP contribution is -2.46. The zero-order valence-electron chi connectivity index (χ0n) is 16.0. The molecule has 0 N–H and O–H groups in total. The van der Waals surface area contributed by atoms with Crippen molar-refractivity contribution in [1.29, 1.82) is 0 Å². The normalized spacial score (nSPS) is 33.0. The molecule has 0 saturated heterocycles. The van der Waals surface area contributed by atoms with Gasteiger partial charge in [0.25, 0.3) is 11.8 Å². The number of hydrogen-bond donors (Lipinski definition) is 0. The van der Waals surface area contributed by atoms with Crippen molar-refractivity contribution in [2.45, 2.75) is 85.1 Å². The summed E-state index contributed by atoms with van der Waals surface area (Å²) in [5.41, 5.74) is 0. The Morgan fingerprint density at radius 1 is 0.667 bits per heavy atom. The van der Waals surface area contributed by atoms with E-state index in [1.807, 2.05) is 0 Å². The Balaban J connectivity index is 2.40. The van der Waals surface area contributed by atoms with Crippen LogP contribution in [-0.4, -0.2) is 22.8 Å². The second-order valence-corrected chi connectivity index (χ2v) is 7.68. The number of carbonyl (C=O) groups is 2. The van der Waals surface area contributed by atoms with Crippen molar-refractivity contribution in [2.24, 2.45) is 23.7 Å². The molecule has 0 aromatic heterocycles. The number of hydrogen-bond acceptors (Lipinski definition) is 2. The summed E-state index contributed by atoms with van der Waals surface area (Å²) in [5.74, 6) is 2.13. The zero-order valence-corrected chi connectivity index (χ0v) is 16.0. The highest BCUT2D eigenvalue weighted by Gasteiger charge is 2.52. The molecule has 0 aromatic rings. The maximum absolute atomic E-state index is 12.4. The van der Waals surface area contributed by atoms with Crippen LogP contribution in [0.1, 0.15) is 79.1 Å². The summed E-state index contributed by atoms with van der Waals surface area (Å²) >= 11 is 0. The first-order valence-corrected chi connectivity index (χ1v) is 10.2. The van der Waals surface area contributed by atoms with E-state index in [2.05, 4.69) is 27.7 Å². The summed E-state index contributed by atoms with van der Waals surface area (Å²) in [6.07, 6.45) is 12.3. The standard InChI is InChI=1S/C21H35NO2/c1-5-9-15-16(10-6-2)18(12-8-4)21(17(15)11-7-3)22-19(23)13-14-20(22)24/h13-18,21H,5-12H2,1-4H3. The molecule has 1 aliphatic heterocycles. The average molecular weight is 334 g/mol. The second kappa shape index (κ2) is 8.82. The summed E-state index contributed by atoms with van der Waals surface area (Å²) in [4.78, 5) is 26.5. The summed E-state index contributed by atoms with van der Waals surface area (Å²) in [7, 11) is 0. The Morgan fingerprint density at radius 2 is 1.00 bits per heavy atom. The van der Waals surface area contributed by atoms with Gasteiger partial charge in [0.1, 0.15) is 0 Å². The lowest BCUT2D eigenvalue weighted by Gasteiger charge is -2.33. The SMILES string of the molecule is CCCC1C(CCC)C(CCC)C(N2C(=O)C=CC2=O)C1CCC. The van der Waals surface area contributed by atoms with Gasteiger partial charge in [-0.05, 0) is 36.5 Å². The average Bonchev–Trinajstić information content (AvgIpc) is 3.01. The molecule has 0 aromatic carbocycles. The number of nitrogens with zero attached hydrogens (tertiary/aromatic N) is 1. The van der Waals surface area contributed by atoms with Crippen molar-refractivity contribution < 1.29 is 9.59 Å². The molecule has 2 aliphatic rings. The molecule has 1 saturated carbocycles. The molecule has 3 nitrogen and oxygen atoms in total. The minimum absolute atomic E-state index is 0.0837. The highest BCUT2D eigenvalue weighted by molar-refractivity contribution is 6.13. The van der Waals surface area contributed by atoms with Gasteiger partial charge in [0.2, 0.25) is 0 Å². The van der Waals surface area contributed by atoms with Crippen molar-refractivity contribution in [1.82, 2.24) is 4.90 Å². The van der Waals surface area contributed by atoms with Crippen LogP contribution in [0.4, 0.5) is 0 Å². The van der Waals surface area contributed by atoms with Crippen molar-refractivity contribution in [2.75, 3.05) is 0 Å². The van der Waals surface area contributed by atoms with E-state index in [4.69, 9.17) is 0 Å². The lowest BCUT2D eigenvalue weighted by atomic mass is 9.79. The first-order valence-electron chi connectivity index (χ1n) is 10.2. The largest absolute Gasteiger partial charge is 0.272 e. The van der Waals surface area contributed by atoms with Gasteiger partial charge >= 0.3 is 0 Å². The van der Waals surface area contributed by atoms with Gasteiger partial charge in [0, 0.05) is 18.2 Å². The molecular formula is C21H35NO2. The summed E-state index contributed by atoms with van der Waals surface area (Å²) in [6.45, 7) is 8.99. The van der Waals surface area contributed by atoms with Crippen LogP contribution >= 0.6 is 0 Å². The second-order valence-electron chi connectivity index (χ2n) is 7.68. The molecule has 136 valence electrons. The third-order valence-corrected chi connectivity index (χ3v) is 6.16. The first kappa shape index (κ1) is 19.2. The van der Waals surface area contributed by atoms with E-state index in [9.17, 15) is 9.59 Å². The van der Waals surface area contributed by atoms with Crippen LogP contribution in [0.5, 0.6) is 0 Å². The molecule has 2 rings (SSSR count). The maximum Gasteiger partial charge on any atom is 0.253 e.